The molecule has 0 unspecified atom stereocenters. The first kappa shape index (κ1) is 19.5. The lowest BCUT2D eigenvalue weighted by Crippen LogP contribution is -2.40. The van der Waals surface area contributed by atoms with Gasteiger partial charge in [0.1, 0.15) is 5.69 Å². The number of alkyl halides is 3. The quantitative estimate of drug-likeness (QED) is 0.772. The van der Waals surface area contributed by atoms with Crippen LogP contribution in [0.25, 0.3) is 0 Å². The Morgan fingerprint density at radius 3 is 2.74 bits per heavy atom. The van der Waals surface area contributed by atoms with Crippen LogP contribution in [-0.2, 0) is 19.1 Å². The van der Waals surface area contributed by atoms with E-state index in [1.807, 2.05) is 6.92 Å². The molecule has 1 aromatic carbocycles. The summed E-state index contributed by atoms with van der Waals surface area (Å²) in [6, 6.07) is 7.46. The van der Waals surface area contributed by atoms with Crippen molar-refractivity contribution in [2.75, 3.05) is 13.1 Å². The molecule has 0 spiro atoms. The standard InChI is InChI=1S/C20H24F3N3O/c1-2-26-13-11-18(24-26)19(27)25-12-5-6-15(14-25)9-10-16-7-3-4-8-17(16)20(21,22)23/h3-4,7-8,11,13,15H,2,5-6,9-10,12,14H2,1H3/t15-/m1/s1. The molecule has 27 heavy (non-hydrogen) atoms. The summed E-state index contributed by atoms with van der Waals surface area (Å²) in [6.45, 7) is 3.91. The second-order valence-electron chi connectivity index (χ2n) is 7.01. The van der Waals surface area contributed by atoms with Crippen molar-refractivity contribution in [1.29, 1.82) is 0 Å². The van der Waals surface area contributed by atoms with Crippen LogP contribution in [0.4, 0.5) is 13.2 Å². The molecule has 1 saturated heterocycles. The van der Waals surface area contributed by atoms with Crippen LogP contribution >= 0.6 is 0 Å². The van der Waals surface area contributed by atoms with Crippen LogP contribution in [0.15, 0.2) is 36.5 Å². The molecule has 1 fully saturated rings. The summed E-state index contributed by atoms with van der Waals surface area (Å²) in [5, 5.41) is 4.26. The Hall–Kier alpha value is -2.31. The van der Waals surface area contributed by atoms with Crippen LogP contribution in [0.3, 0.4) is 0 Å². The molecule has 1 aromatic heterocycles. The van der Waals surface area contributed by atoms with Gasteiger partial charge in [0.25, 0.3) is 5.91 Å². The molecule has 146 valence electrons. The highest BCUT2D eigenvalue weighted by molar-refractivity contribution is 5.92. The Balaban J connectivity index is 1.61. The summed E-state index contributed by atoms with van der Waals surface area (Å²) >= 11 is 0. The molecular formula is C20H24F3N3O. The second kappa shape index (κ2) is 8.15. The number of rotatable bonds is 5. The minimum absolute atomic E-state index is 0.0948. The third-order valence-corrected chi connectivity index (χ3v) is 5.13. The molecule has 2 heterocycles. The number of hydrogen-bond acceptors (Lipinski definition) is 2. The fourth-order valence-corrected chi connectivity index (χ4v) is 3.67. The van der Waals surface area contributed by atoms with Crippen molar-refractivity contribution in [1.82, 2.24) is 14.7 Å². The molecule has 1 amide bonds. The summed E-state index contributed by atoms with van der Waals surface area (Å²) in [4.78, 5) is 14.4. The van der Waals surface area contributed by atoms with Crippen LogP contribution in [-0.4, -0.2) is 33.7 Å². The lowest BCUT2D eigenvalue weighted by molar-refractivity contribution is -0.138. The lowest BCUT2D eigenvalue weighted by atomic mass is 9.90. The maximum atomic E-state index is 13.1. The van der Waals surface area contributed by atoms with E-state index in [1.165, 1.54) is 6.07 Å². The average molecular weight is 379 g/mol. The number of piperidine rings is 1. The molecule has 0 bridgehead atoms. The zero-order chi connectivity index (χ0) is 19.4. The van der Waals surface area contributed by atoms with E-state index in [9.17, 15) is 18.0 Å². The van der Waals surface area contributed by atoms with E-state index in [0.29, 0.717) is 43.7 Å². The number of benzene rings is 1. The molecule has 1 atom stereocenters. The number of carbonyl (C=O) groups excluding carboxylic acids is 1. The van der Waals surface area contributed by atoms with Crippen LogP contribution in [0.5, 0.6) is 0 Å². The predicted octanol–water partition coefficient (Wildman–Crippen LogP) is 4.41. The van der Waals surface area contributed by atoms with E-state index in [0.717, 1.165) is 18.9 Å². The molecule has 2 aromatic rings. The van der Waals surface area contributed by atoms with Gasteiger partial charge in [-0.1, -0.05) is 18.2 Å². The summed E-state index contributed by atoms with van der Waals surface area (Å²) < 4.78 is 41.1. The van der Waals surface area contributed by atoms with Gasteiger partial charge >= 0.3 is 6.18 Å². The normalized spacial score (nSPS) is 17.9. The molecule has 0 radical (unpaired) electrons. The first-order valence-electron chi connectivity index (χ1n) is 9.36. The fourth-order valence-electron chi connectivity index (χ4n) is 3.67. The van der Waals surface area contributed by atoms with Crippen molar-refractivity contribution in [3.05, 3.63) is 53.3 Å². The number of nitrogens with zero attached hydrogens (tertiary/aromatic N) is 3. The smallest absolute Gasteiger partial charge is 0.337 e. The summed E-state index contributed by atoms with van der Waals surface area (Å²) in [7, 11) is 0. The van der Waals surface area contributed by atoms with Crippen LogP contribution in [0.1, 0.15) is 47.8 Å². The summed E-state index contributed by atoms with van der Waals surface area (Å²) in [5.41, 5.74) is 0.203. The van der Waals surface area contributed by atoms with Gasteiger partial charge in [0.05, 0.1) is 5.56 Å². The van der Waals surface area contributed by atoms with Crippen molar-refractivity contribution in [3.8, 4) is 0 Å². The fraction of sp³-hybridized carbons (Fsp3) is 0.500. The minimum atomic E-state index is -4.33. The first-order valence-corrected chi connectivity index (χ1v) is 9.36. The van der Waals surface area contributed by atoms with E-state index in [1.54, 1.807) is 34.0 Å². The number of likely N-dealkylation sites (tertiary alicyclic amines) is 1. The minimum Gasteiger partial charge on any atom is -0.337 e. The van der Waals surface area contributed by atoms with E-state index in [2.05, 4.69) is 5.10 Å². The van der Waals surface area contributed by atoms with Crippen LogP contribution in [0, 0.1) is 5.92 Å². The van der Waals surface area contributed by atoms with E-state index in [-0.39, 0.29) is 11.8 Å². The topological polar surface area (TPSA) is 38.1 Å². The van der Waals surface area contributed by atoms with E-state index >= 15 is 0 Å². The maximum Gasteiger partial charge on any atom is 0.416 e. The highest BCUT2D eigenvalue weighted by Gasteiger charge is 2.33. The first-order chi connectivity index (χ1) is 12.9. The van der Waals surface area contributed by atoms with Gasteiger partial charge < -0.3 is 4.90 Å². The molecule has 7 heteroatoms. The Bertz CT molecular complexity index is 785. The Labute approximate surface area is 157 Å². The Morgan fingerprint density at radius 2 is 2.04 bits per heavy atom. The second-order valence-corrected chi connectivity index (χ2v) is 7.01. The zero-order valence-electron chi connectivity index (χ0n) is 15.4. The Kier molecular flexibility index (Phi) is 5.87. The van der Waals surface area contributed by atoms with E-state index in [4.69, 9.17) is 0 Å². The zero-order valence-corrected chi connectivity index (χ0v) is 15.4. The van der Waals surface area contributed by atoms with Gasteiger partial charge in [0, 0.05) is 25.8 Å². The van der Waals surface area contributed by atoms with Gasteiger partial charge in [-0.15, -0.1) is 0 Å². The van der Waals surface area contributed by atoms with Crippen molar-refractivity contribution in [3.63, 3.8) is 0 Å². The number of hydrogen-bond donors (Lipinski definition) is 0. The van der Waals surface area contributed by atoms with Crippen molar-refractivity contribution >= 4 is 5.91 Å². The number of aryl methyl sites for hydroxylation is 2. The van der Waals surface area contributed by atoms with Gasteiger partial charge in [-0.3, -0.25) is 9.48 Å². The average Bonchev–Trinajstić information content (AvgIpc) is 3.15. The Morgan fingerprint density at radius 1 is 1.26 bits per heavy atom. The van der Waals surface area contributed by atoms with Crippen LogP contribution in [0.2, 0.25) is 0 Å². The molecule has 0 saturated carbocycles. The summed E-state index contributed by atoms with van der Waals surface area (Å²) in [5.74, 6) is 0.111. The van der Waals surface area contributed by atoms with Crippen molar-refractivity contribution in [2.24, 2.45) is 5.92 Å². The third-order valence-electron chi connectivity index (χ3n) is 5.13. The third kappa shape index (κ3) is 4.70. The highest BCUT2D eigenvalue weighted by Crippen LogP contribution is 2.33. The molecule has 1 aliphatic rings. The SMILES string of the molecule is CCn1ccc(C(=O)N2CCC[C@H](CCc3ccccc3C(F)(F)F)C2)n1. The molecular weight excluding hydrogens is 355 g/mol. The number of carbonyl (C=O) groups is 1. The number of halogens is 3. The van der Waals surface area contributed by atoms with Gasteiger partial charge in [-0.05, 0) is 56.2 Å². The number of aromatic nitrogens is 2. The van der Waals surface area contributed by atoms with Gasteiger partial charge in [-0.2, -0.15) is 18.3 Å². The lowest BCUT2D eigenvalue weighted by Gasteiger charge is -2.32. The largest absolute Gasteiger partial charge is 0.416 e. The molecule has 3 rings (SSSR count). The molecule has 1 aliphatic heterocycles. The number of amides is 1. The maximum absolute atomic E-state index is 13.1. The van der Waals surface area contributed by atoms with Gasteiger partial charge in [0.15, 0.2) is 0 Å². The molecule has 0 aliphatic carbocycles. The van der Waals surface area contributed by atoms with Gasteiger partial charge in [-0.25, -0.2) is 0 Å². The molecule has 4 nitrogen and oxygen atoms in total. The summed E-state index contributed by atoms with van der Waals surface area (Å²) in [6.07, 6.45) is 0.256. The highest BCUT2D eigenvalue weighted by atomic mass is 19.4. The van der Waals surface area contributed by atoms with Crippen LogP contribution < -0.4 is 0 Å². The van der Waals surface area contributed by atoms with E-state index < -0.39 is 11.7 Å². The van der Waals surface area contributed by atoms with Crippen molar-refractivity contribution in [2.45, 2.75) is 45.3 Å². The molecule has 0 N–H and O–H groups in total. The van der Waals surface area contributed by atoms with Crippen molar-refractivity contribution < 1.29 is 18.0 Å². The van der Waals surface area contributed by atoms with Gasteiger partial charge in [0.2, 0.25) is 0 Å². The monoisotopic (exact) mass is 379 g/mol. The predicted molar refractivity (Wildman–Crippen MR) is 96.3 cm³/mol.